The van der Waals surface area contributed by atoms with Gasteiger partial charge in [-0.3, -0.25) is 4.79 Å². The predicted molar refractivity (Wildman–Crippen MR) is 67.2 cm³/mol. The van der Waals surface area contributed by atoms with Gasteiger partial charge in [0.05, 0.1) is 7.11 Å². The first-order valence-electron chi connectivity index (χ1n) is 5.89. The van der Waals surface area contributed by atoms with Crippen molar-refractivity contribution >= 4 is 17.7 Å². The molecule has 0 saturated heterocycles. The summed E-state index contributed by atoms with van der Waals surface area (Å²) in [5, 5.41) is 5.90. The van der Waals surface area contributed by atoms with Crippen LogP contribution in [0.1, 0.15) is 12.8 Å². The van der Waals surface area contributed by atoms with E-state index in [0.717, 1.165) is 12.8 Å². The second kappa shape index (κ2) is 5.52. The first-order chi connectivity index (χ1) is 8.69. The van der Waals surface area contributed by atoms with Gasteiger partial charge in [0.15, 0.2) is 0 Å². The lowest BCUT2D eigenvalue weighted by Gasteiger charge is -2.08. The predicted octanol–water partition coefficient (Wildman–Crippen LogP) is 0.00550. The van der Waals surface area contributed by atoms with E-state index in [0.29, 0.717) is 24.8 Å². The molecule has 0 aliphatic heterocycles. The second-order valence-corrected chi connectivity index (χ2v) is 4.15. The zero-order valence-electron chi connectivity index (χ0n) is 10.3. The number of hydrogen-bond donors (Lipinski definition) is 3. The zero-order valence-corrected chi connectivity index (χ0v) is 10.3. The molecule has 1 aliphatic carbocycles. The standard InChI is InChI=1S/C11H17N5O2/c1-18-9-6-8(15-11(12)16-9)13-4-5-14-10(17)7-2-3-7/h6-7H,2-5H2,1H3,(H,14,17)(H3,12,13,15,16). The van der Waals surface area contributed by atoms with Crippen molar-refractivity contribution in [3.8, 4) is 5.88 Å². The molecular formula is C11H17N5O2. The third-order valence-corrected chi connectivity index (χ3v) is 2.61. The lowest BCUT2D eigenvalue weighted by Crippen LogP contribution is -2.30. The van der Waals surface area contributed by atoms with Gasteiger partial charge < -0.3 is 21.1 Å². The zero-order chi connectivity index (χ0) is 13.0. The van der Waals surface area contributed by atoms with Crippen LogP contribution < -0.4 is 21.1 Å². The maximum absolute atomic E-state index is 11.4. The first kappa shape index (κ1) is 12.4. The molecular weight excluding hydrogens is 234 g/mol. The minimum atomic E-state index is 0.136. The molecule has 0 radical (unpaired) electrons. The summed E-state index contributed by atoms with van der Waals surface area (Å²) in [4.78, 5) is 19.3. The number of nitrogens with one attached hydrogen (secondary N) is 2. The van der Waals surface area contributed by atoms with Crippen LogP contribution in [0.25, 0.3) is 0 Å². The summed E-state index contributed by atoms with van der Waals surface area (Å²) >= 11 is 0. The van der Waals surface area contributed by atoms with Crippen LogP contribution >= 0.6 is 0 Å². The van der Waals surface area contributed by atoms with Crippen LogP contribution in [-0.4, -0.2) is 36.1 Å². The van der Waals surface area contributed by atoms with Crippen molar-refractivity contribution in [3.05, 3.63) is 6.07 Å². The molecule has 1 fully saturated rings. The van der Waals surface area contributed by atoms with E-state index in [1.807, 2.05) is 0 Å². The summed E-state index contributed by atoms with van der Waals surface area (Å²) in [5.74, 6) is 1.52. The highest BCUT2D eigenvalue weighted by molar-refractivity contribution is 5.80. The van der Waals surface area contributed by atoms with Gasteiger partial charge in [-0.15, -0.1) is 0 Å². The van der Waals surface area contributed by atoms with Gasteiger partial charge in [-0.25, -0.2) is 0 Å². The van der Waals surface area contributed by atoms with Gasteiger partial charge in [-0.2, -0.15) is 9.97 Å². The average Bonchev–Trinajstić information content (AvgIpc) is 3.17. The molecule has 0 unspecified atom stereocenters. The lowest BCUT2D eigenvalue weighted by molar-refractivity contribution is -0.122. The Hall–Kier alpha value is -2.05. The number of rotatable bonds is 6. The monoisotopic (exact) mass is 251 g/mol. The molecule has 1 aliphatic rings. The highest BCUT2D eigenvalue weighted by atomic mass is 16.5. The molecule has 1 heterocycles. The molecule has 18 heavy (non-hydrogen) atoms. The van der Waals surface area contributed by atoms with Gasteiger partial charge in [0.1, 0.15) is 5.82 Å². The largest absolute Gasteiger partial charge is 0.481 e. The van der Waals surface area contributed by atoms with Crippen LogP contribution in [0.5, 0.6) is 5.88 Å². The van der Waals surface area contributed by atoms with Crippen molar-refractivity contribution in [1.82, 2.24) is 15.3 Å². The Bertz CT molecular complexity index is 433. The van der Waals surface area contributed by atoms with Crippen LogP contribution in [0.4, 0.5) is 11.8 Å². The summed E-state index contributed by atoms with van der Waals surface area (Å²) in [6.45, 7) is 1.14. The number of carbonyl (C=O) groups is 1. The van der Waals surface area contributed by atoms with E-state index in [2.05, 4.69) is 20.6 Å². The highest BCUT2D eigenvalue weighted by Gasteiger charge is 2.28. The van der Waals surface area contributed by atoms with E-state index >= 15 is 0 Å². The summed E-state index contributed by atoms with van der Waals surface area (Å²) in [6.07, 6.45) is 2.03. The SMILES string of the molecule is COc1cc(NCCNC(=O)C2CC2)nc(N)n1. The number of carbonyl (C=O) groups excluding carboxylic acids is 1. The average molecular weight is 251 g/mol. The molecule has 0 aromatic carbocycles. The van der Waals surface area contributed by atoms with E-state index in [4.69, 9.17) is 10.5 Å². The molecule has 1 saturated carbocycles. The van der Waals surface area contributed by atoms with Crippen molar-refractivity contribution in [2.75, 3.05) is 31.2 Å². The molecule has 2 rings (SSSR count). The Morgan fingerprint density at radius 2 is 2.28 bits per heavy atom. The molecule has 0 bridgehead atoms. The van der Waals surface area contributed by atoms with Crippen LogP contribution in [0, 0.1) is 5.92 Å². The second-order valence-electron chi connectivity index (χ2n) is 4.15. The molecule has 1 aromatic heterocycles. The van der Waals surface area contributed by atoms with E-state index in [1.165, 1.54) is 7.11 Å². The van der Waals surface area contributed by atoms with E-state index in [9.17, 15) is 4.79 Å². The van der Waals surface area contributed by atoms with Gasteiger partial charge in [0.2, 0.25) is 17.7 Å². The lowest BCUT2D eigenvalue weighted by atomic mass is 10.4. The topological polar surface area (TPSA) is 102 Å². The number of ether oxygens (including phenoxy) is 1. The van der Waals surface area contributed by atoms with Gasteiger partial charge in [-0.05, 0) is 12.8 Å². The maximum Gasteiger partial charge on any atom is 0.225 e. The van der Waals surface area contributed by atoms with Gasteiger partial charge in [0.25, 0.3) is 0 Å². The van der Waals surface area contributed by atoms with Crippen LogP contribution in [0.3, 0.4) is 0 Å². The fourth-order valence-corrected chi connectivity index (χ4v) is 1.50. The van der Waals surface area contributed by atoms with Gasteiger partial charge in [-0.1, -0.05) is 0 Å². The van der Waals surface area contributed by atoms with E-state index in [-0.39, 0.29) is 17.8 Å². The van der Waals surface area contributed by atoms with Crippen molar-refractivity contribution in [3.63, 3.8) is 0 Å². The Morgan fingerprint density at radius 1 is 1.50 bits per heavy atom. The van der Waals surface area contributed by atoms with Crippen LogP contribution in [0.15, 0.2) is 6.07 Å². The molecule has 1 amide bonds. The summed E-state index contributed by atoms with van der Waals surface area (Å²) in [7, 11) is 1.52. The molecule has 98 valence electrons. The number of amides is 1. The molecule has 1 aromatic rings. The molecule has 7 heteroatoms. The van der Waals surface area contributed by atoms with Gasteiger partial charge in [0, 0.05) is 25.1 Å². The van der Waals surface area contributed by atoms with Crippen molar-refractivity contribution in [1.29, 1.82) is 0 Å². The molecule has 0 spiro atoms. The summed E-state index contributed by atoms with van der Waals surface area (Å²) in [6, 6.07) is 1.65. The number of nitrogens with two attached hydrogens (primary N) is 1. The first-order valence-corrected chi connectivity index (χ1v) is 5.89. The third kappa shape index (κ3) is 3.47. The maximum atomic E-state index is 11.4. The number of anilines is 2. The summed E-state index contributed by atoms with van der Waals surface area (Å²) < 4.78 is 4.98. The van der Waals surface area contributed by atoms with Crippen molar-refractivity contribution in [2.24, 2.45) is 5.92 Å². The number of aromatic nitrogens is 2. The fraction of sp³-hybridized carbons (Fsp3) is 0.545. The Kier molecular flexibility index (Phi) is 3.81. The van der Waals surface area contributed by atoms with Crippen molar-refractivity contribution < 1.29 is 9.53 Å². The third-order valence-electron chi connectivity index (χ3n) is 2.61. The molecule has 4 N–H and O–H groups in total. The number of hydrogen-bond acceptors (Lipinski definition) is 6. The minimum absolute atomic E-state index is 0.136. The van der Waals surface area contributed by atoms with Crippen molar-refractivity contribution in [2.45, 2.75) is 12.8 Å². The Labute approximate surface area is 105 Å². The van der Waals surface area contributed by atoms with Crippen LogP contribution in [-0.2, 0) is 4.79 Å². The Morgan fingerprint density at radius 3 is 2.94 bits per heavy atom. The smallest absolute Gasteiger partial charge is 0.225 e. The Balaban J connectivity index is 1.75. The minimum Gasteiger partial charge on any atom is -0.481 e. The quantitative estimate of drug-likeness (QED) is 0.615. The van der Waals surface area contributed by atoms with Gasteiger partial charge >= 0.3 is 0 Å². The number of nitrogen functional groups attached to an aromatic ring is 1. The number of nitrogens with zero attached hydrogens (tertiary/aromatic N) is 2. The normalized spacial score (nSPS) is 14.1. The summed E-state index contributed by atoms with van der Waals surface area (Å²) in [5.41, 5.74) is 5.52. The highest BCUT2D eigenvalue weighted by Crippen LogP contribution is 2.28. The molecule has 0 atom stereocenters. The van der Waals surface area contributed by atoms with E-state index < -0.39 is 0 Å². The van der Waals surface area contributed by atoms with E-state index in [1.54, 1.807) is 6.07 Å². The molecule has 7 nitrogen and oxygen atoms in total. The number of methoxy groups -OCH3 is 1. The van der Waals surface area contributed by atoms with Crippen LogP contribution in [0.2, 0.25) is 0 Å². The fourth-order valence-electron chi connectivity index (χ4n) is 1.50.